The fraction of sp³-hybridized carbons (Fsp3) is 0.357. The van der Waals surface area contributed by atoms with Crippen molar-refractivity contribution < 1.29 is 4.74 Å². The molecule has 0 aliphatic carbocycles. The molecule has 0 unspecified atom stereocenters. The van der Waals surface area contributed by atoms with Crippen molar-refractivity contribution in [1.29, 1.82) is 0 Å². The molecule has 0 saturated carbocycles. The van der Waals surface area contributed by atoms with Crippen LogP contribution in [0.5, 0.6) is 5.75 Å². The predicted octanol–water partition coefficient (Wildman–Crippen LogP) is 4.35. The number of halogens is 1. The molecule has 0 bridgehead atoms. The first-order valence-corrected chi connectivity index (χ1v) is 7.96. The van der Waals surface area contributed by atoms with Gasteiger partial charge in [-0.15, -0.1) is 11.3 Å². The first-order chi connectivity index (χ1) is 9.29. The van der Waals surface area contributed by atoms with Crippen molar-refractivity contribution in [2.75, 3.05) is 18.5 Å². The molecule has 1 N–H and O–H groups in total. The van der Waals surface area contributed by atoms with Gasteiger partial charge in [-0.05, 0) is 53.0 Å². The van der Waals surface area contributed by atoms with E-state index in [0.29, 0.717) is 0 Å². The van der Waals surface area contributed by atoms with Crippen molar-refractivity contribution in [1.82, 2.24) is 4.98 Å². The Hall–Kier alpha value is -1.07. The van der Waals surface area contributed by atoms with E-state index in [4.69, 9.17) is 4.74 Å². The van der Waals surface area contributed by atoms with E-state index in [0.717, 1.165) is 37.6 Å². The van der Waals surface area contributed by atoms with Crippen LogP contribution in [0.15, 0.2) is 34.2 Å². The quantitative estimate of drug-likeness (QED) is 0.813. The Bertz CT molecular complexity index is 516. The number of nitrogens with one attached hydrogen (secondary N) is 1. The van der Waals surface area contributed by atoms with Gasteiger partial charge in [0.05, 0.1) is 10.4 Å². The third kappa shape index (κ3) is 4.51. The highest BCUT2D eigenvalue weighted by Gasteiger charge is 2.04. The Kier molecular flexibility index (Phi) is 5.66. The fourth-order valence-corrected chi connectivity index (χ4v) is 3.12. The van der Waals surface area contributed by atoms with Gasteiger partial charge in [-0.25, -0.2) is 4.98 Å². The number of hydrogen-bond donors (Lipinski definition) is 1. The molecule has 102 valence electrons. The zero-order chi connectivity index (χ0) is 13.5. The summed E-state index contributed by atoms with van der Waals surface area (Å²) >= 11 is 5.24. The summed E-state index contributed by atoms with van der Waals surface area (Å²) in [5, 5.41) is 3.34. The lowest BCUT2D eigenvalue weighted by atomic mass is 10.3. The van der Waals surface area contributed by atoms with Gasteiger partial charge < -0.3 is 10.1 Å². The lowest BCUT2D eigenvalue weighted by Crippen LogP contribution is -2.08. The average molecular weight is 341 g/mol. The summed E-state index contributed by atoms with van der Waals surface area (Å²) in [7, 11) is 0. The molecule has 0 aliphatic heterocycles. The van der Waals surface area contributed by atoms with E-state index < -0.39 is 0 Å². The zero-order valence-corrected chi connectivity index (χ0v) is 13.3. The number of nitrogens with zero attached hydrogens (tertiary/aromatic N) is 1. The van der Waals surface area contributed by atoms with Gasteiger partial charge >= 0.3 is 0 Å². The maximum atomic E-state index is 5.66. The van der Waals surface area contributed by atoms with Gasteiger partial charge in [0.15, 0.2) is 11.6 Å². The van der Waals surface area contributed by atoms with Crippen LogP contribution in [0.1, 0.15) is 18.2 Å². The monoisotopic (exact) mass is 340 g/mol. The zero-order valence-electron chi connectivity index (χ0n) is 10.9. The second-order valence-electron chi connectivity index (χ2n) is 4.08. The van der Waals surface area contributed by atoms with Crippen LogP contribution in [0.2, 0.25) is 0 Å². The van der Waals surface area contributed by atoms with Crippen LogP contribution >= 0.6 is 27.3 Å². The normalized spacial score (nSPS) is 10.4. The molecule has 0 aliphatic rings. The van der Waals surface area contributed by atoms with Gasteiger partial charge in [0.1, 0.15) is 0 Å². The van der Waals surface area contributed by atoms with Crippen molar-refractivity contribution in [3.05, 3.63) is 39.1 Å². The summed E-state index contributed by atoms with van der Waals surface area (Å²) in [4.78, 5) is 5.68. The fourth-order valence-electron chi connectivity index (χ4n) is 1.64. The van der Waals surface area contributed by atoms with E-state index in [1.165, 1.54) is 8.66 Å². The molecule has 2 aromatic heterocycles. The third-order valence-corrected chi connectivity index (χ3v) is 4.21. The van der Waals surface area contributed by atoms with Crippen molar-refractivity contribution >= 4 is 33.1 Å². The van der Waals surface area contributed by atoms with E-state index in [1.807, 2.05) is 12.1 Å². The first kappa shape index (κ1) is 14.3. The summed E-state index contributed by atoms with van der Waals surface area (Å²) in [6.45, 7) is 3.67. The first-order valence-electron chi connectivity index (χ1n) is 6.35. The van der Waals surface area contributed by atoms with Gasteiger partial charge in [-0.3, -0.25) is 0 Å². The molecule has 19 heavy (non-hydrogen) atoms. The molecular formula is C14H17BrN2OS. The Morgan fingerprint density at radius 2 is 2.26 bits per heavy atom. The van der Waals surface area contributed by atoms with Crippen LogP contribution in [0.4, 0.5) is 5.82 Å². The maximum absolute atomic E-state index is 5.66. The summed E-state index contributed by atoms with van der Waals surface area (Å²) in [5.74, 6) is 1.66. The highest BCUT2D eigenvalue weighted by molar-refractivity contribution is 9.11. The predicted molar refractivity (Wildman–Crippen MR) is 84.2 cm³/mol. The minimum Gasteiger partial charge on any atom is -0.490 e. The lowest BCUT2D eigenvalue weighted by Gasteiger charge is -2.11. The van der Waals surface area contributed by atoms with E-state index in [2.05, 4.69) is 45.3 Å². The number of ether oxygens (including phenoxy) is 1. The SMILES string of the molecule is CCCOc1cccnc1NCCc1ccc(Br)s1. The molecule has 0 fully saturated rings. The number of aromatic nitrogens is 1. The maximum Gasteiger partial charge on any atom is 0.168 e. The average Bonchev–Trinajstić information content (AvgIpc) is 2.83. The van der Waals surface area contributed by atoms with Gasteiger partial charge in [0.25, 0.3) is 0 Å². The smallest absolute Gasteiger partial charge is 0.168 e. The molecular weight excluding hydrogens is 324 g/mol. The number of anilines is 1. The Balaban J connectivity index is 1.88. The van der Waals surface area contributed by atoms with Gasteiger partial charge in [-0.1, -0.05) is 6.92 Å². The Labute approximate surface area is 126 Å². The van der Waals surface area contributed by atoms with Crippen LogP contribution < -0.4 is 10.1 Å². The van der Waals surface area contributed by atoms with Crippen LogP contribution in [-0.4, -0.2) is 18.1 Å². The molecule has 2 rings (SSSR count). The molecule has 0 saturated heterocycles. The second kappa shape index (κ2) is 7.50. The number of thiophene rings is 1. The number of pyridine rings is 1. The number of hydrogen-bond acceptors (Lipinski definition) is 4. The Morgan fingerprint density at radius 3 is 3.00 bits per heavy atom. The Morgan fingerprint density at radius 1 is 1.37 bits per heavy atom. The summed E-state index contributed by atoms with van der Waals surface area (Å²) in [6, 6.07) is 8.07. The van der Waals surface area contributed by atoms with E-state index in [1.54, 1.807) is 17.5 Å². The summed E-state index contributed by atoms with van der Waals surface area (Å²) < 4.78 is 6.84. The highest BCUT2D eigenvalue weighted by Crippen LogP contribution is 2.24. The van der Waals surface area contributed by atoms with Crippen LogP contribution in [0.3, 0.4) is 0 Å². The molecule has 0 spiro atoms. The highest BCUT2D eigenvalue weighted by atomic mass is 79.9. The topological polar surface area (TPSA) is 34.1 Å². The molecule has 0 radical (unpaired) electrons. The molecule has 2 aromatic rings. The molecule has 3 nitrogen and oxygen atoms in total. The molecule has 5 heteroatoms. The summed E-state index contributed by atoms with van der Waals surface area (Å²) in [6.07, 6.45) is 3.76. The second-order valence-corrected chi connectivity index (χ2v) is 6.63. The molecule has 2 heterocycles. The number of rotatable bonds is 7. The lowest BCUT2D eigenvalue weighted by molar-refractivity contribution is 0.318. The molecule has 0 amide bonds. The largest absolute Gasteiger partial charge is 0.490 e. The molecule has 0 aromatic carbocycles. The minimum absolute atomic E-state index is 0.720. The van der Waals surface area contributed by atoms with Crippen molar-refractivity contribution in [3.8, 4) is 5.75 Å². The summed E-state index contributed by atoms with van der Waals surface area (Å²) in [5.41, 5.74) is 0. The van der Waals surface area contributed by atoms with E-state index in [9.17, 15) is 0 Å². The van der Waals surface area contributed by atoms with Crippen LogP contribution in [-0.2, 0) is 6.42 Å². The van der Waals surface area contributed by atoms with Gasteiger partial charge in [0.2, 0.25) is 0 Å². The third-order valence-electron chi connectivity index (χ3n) is 2.53. The minimum atomic E-state index is 0.720. The molecule has 0 atom stereocenters. The van der Waals surface area contributed by atoms with Crippen LogP contribution in [0, 0.1) is 0 Å². The van der Waals surface area contributed by atoms with Crippen molar-refractivity contribution in [3.63, 3.8) is 0 Å². The van der Waals surface area contributed by atoms with Gasteiger partial charge in [0, 0.05) is 17.6 Å². The van der Waals surface area contributed by atoms with Crippen LogP contribution in [0.25, 0.3) is 0 Å². The van der Waals surface area contributed by atoms with Gasteiger partial charge in [-0.2, -0.15) is 0 Å². The van der Waals surface area contributed by atoms with Crippen molar-refractivity contribution in [2.45, 2.75) is 19.8 Å². The van der Waals surface area contributed by atoms with E-state index >= 15 is 0 Å². The van der Waals surface area contributed by atoms with Crippen molar-refractivity contribution in [2.24, 2.45) is 0 Å². The standard InChI is InChI=1S/C14H17BrN2OS/c1-2-10-18-12-4-3-8-16-14(12)17-9-7-11-5-6-13(15)19-11/h3-6,8H,2,7,9-10H2,1H3,(H,16,17). The van der Waals surface area contributed by atoms with E-state index in [-0.39, 0.29) is 0 Å².